The number of hydrogen-bond donors (Lipinski definition) is 1. The van der Waals surface area contributed by atoms with Crippen LogP contribution in [0.5, 0.6) is 0 Å². The van der Waals surface area contributed by atoms with E-state index in [-0.39, 0.29) is 12.0 Å². The van der Waals surface area contributed by atoms with E-state index in [1.165, 1.54) is 43.5 Å². The fourth-order valence-corrected chi connectivity index (χ4v) is 4.07. The quantitative estimate of drug-likeness (QED) is 0.790. The Balaban J connectivity index is 1.75. The number of nitrogens with zero attached hydrogens (tertiary/aromatic N) is 1. The summed E-state index contributed by atoms with van der Waals surface area (Å²) in [5.41, 5.74) is 2.41. The minimum atomic E-state index is -0.341. The van der Waals surface area contributed by atoms with E-state index in [1.54, 1.807) is 0 Å². The summed E-state index contributed by atoms with van der Waals surface area (Å²) in [6, 6.07) is 20.9. The summed E-state index contributed by atoms with van der Waals surface area (Å²) in [7, 11) is 2.35. The lowest BCUT2D eigenvalue weighted by atomic mass is 9.85. The molecule has 2 nitrogen and oxygen atoms in total. The van der Waals surface area contributed by atoms with Gasteiger partial charge in [-0.3, -0.25) is 0 Å². The van der Waals surface area contributed by atoms with Crippen molar-refractivity contribution in [3.63, 3.8) is 0 Å². The molecule has 1 N–H and O–H groups in total. The molecule has 2 aromatic rings. The minimum Gasteiger partial charge on any atom is -0.392 e. The highest BCUT2D eigenvalue weighted by atomic mass is 16.3. The molecule has 24 heavy (non-hydrogen) atoms. The van der Waals surface area contributed by atoms with Crippen LogP contribution < -0.4 is 0 Å². The third-order valence-corrected chi connectivity index (χ3v) is 5.56. The molecule has 0 bridgehead atoms. The summed E-state index contributed by atoms with van der Waals surface area (Å²) >= 11 is 0. The van der Waals surface area contributed by atoms with Crippen LogP contribution in [0.15, 0.2) is 60.7 Å². The molecule has 0 saturated carbocycles. The topological polar surface area (TPSA) is 20.2 Å². The lowest BCUT2D eigenvalue weighted by Crippen LogP contribution is -2.49. The summed E-state index contributed by atoms with van der Waals surface area (Å²) in [4.78, 5) is 0. The summed E-state index contributed by atoms with van der Waals surface area (Å²) in [6.07, 6.45) is 4.53. The molecule has 2 heteroatoms. The maximum atomic E-state index is 11.1. The fraction of sp³-hybridized carbons (Fsp3) is 0.455. The lowest BCUT2D eigenvalue weighted by molar-refractivity contribution is -0.914. The Labute approximate surface area is 146 Å². The number of rotatable bonds is 6. The number of piperidine rings is 1. The Bertz CT molecular complexity index is 565. The van der Waals surface area contributed by atoms with Crippen LogP contribution in [0.3, 0.4) is 0 Å². The summed E-state index contributed by atoms with van der Waals surface area (Å²) in [5.74, 6) is 0.0591. The zero-order chi connectivity index (χ0) is 16.8. The maximum Gasteiger partial charge on any atom is 0.0809 e. The predicted molar refractivity (Wildman–Crippen MR) is 100.0 cm³/mol. The zero-order valence-corrected chi connectivity index (χ0v) is 14.8. The molecule has 1 saturated heterocycles. The van der Waals surface area contributed by atoms with Gasteiger partial charge in [-0.2, -0.15) is 0 Å². The Kier molecular flexibility index (Phi) is 5.70. The van der Waals surface area contributed by atoms with Gasteiger partial charge >= 0.3 is 0 Å². The molecule has 0 radical (unpaired) electrons. The third-order valence-electron chi connectivity index (χ3n) is 5.56. The smallest absolute Gasteiger partial charge is 0.0809 e. The van der Waals surface area contributed by atoms with Gasteiger partial charge < -0.3 is 9.59 Å². The molecule has 0 spiro atoms. The molecule has 1 aliphatic rings. The highest BCUT2D eigenvalue weighted by molar-refractivity contribution is 5.33. The van der Waals surface area contributed by atoms with Gasteiger partial charge in [0.25, 0.3) is 0 Å². The van der Waals surface area contributed by atoms with Crippen molar-refractivity contribution < 1.29 is 9.59 Å². The Morgan fingerprint density at radius 3 is 1.83 bits per heavy atom. The van der Waals surface area contributed by atoms with E-state index in [4.69, 9.17) is 0 Å². The number of aliphatic hydroxyl groups is 1. The van der Waals surface area contributed by atoms with Crippen molar-refractivity contribution in [3.05, 3.63) is 71.8 Å². The van der Waals surface area contributed by atoms with E-state index >= 15 is 0 Å². The van der Waals surface area contributed by atoms with Crippen molar-refractivity contribution in [1.82, 2.24) is 0 Å². The SMILES string of the molecule is C[N+]1(CCC(O)C(c2ccccc2)c2ccccc2)CCCCC1. The number of benzene rings is 2. The van der Waals surface area contributed by atoms with Crippen molar-refractivity contribution in [3.8, 4) is 0 Å². The van der Waals surface area contributed by atoms with Gasteiger partial charge in [0, 0.05) is 12.3 Å². The number of hydrogen-bond acceptors (Lipinski definition) is 1. The van der Waals surface area contributed by atoms with E-state index in [9.17, 15) is 5.11 Å². The highest BCUT2D eigenvalue weighted by Crippen LogP contribution is 2.30. The van der Waals surface area contributed by atoms with E-state index < -0.39 is 0 Å². The van der Waals surface area contributed by atoms with Crippen LogP contribution in [0.1, 0.15) is 42.7 Å². The molecule has 3 rings (SSSR count). The Morgan fingerprint density at radius 2 is 1.33 bits per heavy atom. The van der Waals surface area contributed by atoms with E-state index in [0.29, 0.717) is 0 Å². The first-order valence-corrected chi connectivity index (χ1v) is 9.29. The zero-order valence-electron chi connectivity index (χ0n) is 14.8. The second kappa shape index (κ2) is 7.96. The monoisotopic (exact) mass is 324 g/mol. The summed E-state index contributed by atoms with van der Waals surface area (Å²) in [6.45, 7) is 3.58. The minimum absolute atomic E-state index is 0.0591. The van der Waals surface area contributed by atoms with Crippen LogP contribution in [0, 0.1) is 0 Å². The molecule has 0 aromatic heterocycles. The van der Waals surface area contributed by atoms with Gasteiger partial charge in [-0.15, -0.1) is 0 Å². The number of likely N-dealkylation sites (tertiary alicyclic amines) is 1. The largest absolute Gasteiger partial charge is 0.392 e. The molecule has 1 fully saturated rings. The number of quaternary nitrogens is 1. The molecule has 1 atom stereocenters. The molecule has 1 heterocycles. The lowest BCUT2D eigenvalue weighted by Gasteiger charge is -2.39. The molecule has 1 aliphatic heterocycles. The van der Waals surface area contributed by atoms with Crippen LogP contribution in [0.25, 0.3) is 0 Å². The van der Waals surface area contributed by atoms with Crippen LogP contribution in [-0.4, -0.2) is 42.4 Å². The van der Waals surface area contributed by atoms with Gasteiger partial charge in [0.1, 0.15) is 0 Å². The number of aliphatic hydroxyl groups excluding tert-OH is 1. The van der Waals surface area contributed by atoms with Crippen LogP contribution in [-0.2, 0) is 0 Å². The van der Waals surface area contributed by atoms with Gasteiger partial charge in [-0.25, -0.2) is 0 Å². The van der Waals surface area contributed by atoms with Gasteiger partial charge in [0.2, 0.25) is 0 Å². The molecular formula is C22H30NO+. The highest BCUT2D eigenvalue weighted by Gasteiger charge is 2.29. The summed E-state index contributed by atoms with van der Waals surface area (Å²) < 4.78 is 1.12. The van der Waals surface area contributed by atoms with Crippen LogP contribution in [0.4, 0.5) is 0 Å². The average Bonchev–Trinajstić information content (AvgIpc) is 2.63. The second-order valence-corrected chi connectivity index (χ2v) is 7.51. The van der Waals surface area contributed by atoms with Crippen molar-refractivity contribution in [1.29, 1.82) is 0 Å². The van der Waals surface area contributed by atoms with Crippen LogP contribution >= 0.6 is 0 Å². The van der Waals surface area contributed by atoms with Gasteiger partial charge in [-0.05, 0) is 30.4 Å². The van der Waals surface area contributed by atoms with Gasteiger partial charge in [-0.1, -0.05) is 60.7 Å². The van der Waals surface area contributed by atoms with Gasteiger partial charge in [0.05, 0.1) is 32.8 Å². The van der Waals surface area contributed by atoms with E-state index in [1.807, 2.05) is 12.1 Å². The molecule has 0 aliphatic carbocycles. The Morgan fingerprint density at radius 1 is 0.833 bits per heavy atom. The molecule has 128 valence electrons. The van der Waals surface area contributed by atoms with Crippen molar-refractivity contribution in [2.24, 2.45) is 0 Å². The maximum absolute atomic E-state index is 11.1. The fourth-order valence-electron chi connectivity index (χ4n) is 4.07. The Hall–Kier alpha value is -1.64. The normalized spacial score (nSPS) is 18.5. The first-order chi connectivity index (χ1) is 11.7. The first-order valence-electron chi connectivity index (χ1n) is 9.29. The van der Waals surface area contributed by atoms with Crippen molar-refractivity contribution in [2.45, 2.75) is 37.7 Å². The van der Waals surface area contributed by atoms with Gasteiger partial charge in [0.15, 0.2) is 0 Å². The van der Waals surface area contributed by atoms with Crippen molar-refractivity contribution in [2.75, 3.05) is 26.7 Å². The van der Waals surface area contributed by atoms with E-state index in [2.05, 4.69) is 55.6 Å². The molecule has 0 amide bonds. The van der Waals surface area contributed by atoms with E-state index in [0.717, 1.165) is 17.4 Å². The summed E-state index contributed by atoms with van der Waals surface area (Å²) in [5, 5.41) is 11.1. The standard InChI is InChI=1S/C22H30NO/c1-23(16-9-4-10-17-23)18-15-21(24)22(19-11-5-2-6-12-19)20-13-7-3-8-14-20/h2-3,5-8,11-14,21-22,24H,4,9-10,15-18H2,1H3/q+1. The first kappa shape index (κ1) is 17.2. The van der Waals surface area contributed by atoms with Crippen molar-refractivity contribution >= 4 is 0 Å². The predicted octanol–water partition coefficient (Wildman–Crippen LogP) is 4.20. The molecule has 1 unspecified atom stereocenters. The molecular weight excluding hydrogens is 294 g/mol. The average molecular weight is 324 g/mol. The third kappa shape index (κ3) is 4.25. The van der Waals surface area contributed by atoms with Crippen LogP contribution in [0.2, 0.25) is 0 Å². The molecule has 2 aromatic carbocycles. The second-order valence-electron chi connectivity index (χ2n) is 7.51.